The van der Waals surface area contributed by atoms with Crippen molar-refractivity contribution in [3.63, 3.8) is 0 Å². The van der Waals surface area contributed by atoms with Gasteiger partial charge in [0.1, 0.15) is 0 Å². The number of alkyl halides is 3. The Kier molecular flexibility index (Phi) is 4.13. The van der Waals surface area contributed by atoms with Gasteiger partial charge >= 0.3 is 6.18 Å². The van der Waals surface area contributed by atoms with Crippen molar-refractivity contribution in [2.24, 2.45) is 5.92 Å². The lowest BCUT2D eigenvalue weighted by atomic mass is 9.95. The molecule has 2 N–H and O–H groups in total. The first kappa shape index (κ1) is 14.6. The predicted molar refractivity (Wildman–Crippen MR) is 69.3 cm³/mol. The van der Waals surface area contributed by atoms with Crippen molar-refractivity contribution in [3.8, 4) is 0 Å². The van der Waals surface area contributed by atoms with Crippen LogP contribution < -0.4 is 10.9 Å². The van der Waals surface area contributed by atoms with Crippen LogP contribution in [-0.4, -0.2) is 11.9 Å². The van der Waals surface area contributed by atoms with E-state index in [0.29, 0.717) is 6.42 Å². The summed E-state index contributed by atoms with van der Waals surface area (Å²) < 4.78 is 38.5. The van der Waals surface area contributed by atoms with Crippen LogP contribution in [0.4, 0.5) is 13.2 Å². The lowest BCUT2D eigenvalue weighted by Crippen LogP contribution is -2.52. The first-order valence-corrected chi connectivity index (χ1v) is 6.26. The van der Waals surface area contributed by atoms with E-state index in [-0.39, 0.29) is 23.4 Å². The van der Waals surface area contributed by atoms with Crippen molar-refractivity contribution in [2.45, 2.75) is 25.6 Å². The van der Waals surface area contributed by atoms with Crippen molar-refractivity contribution in [1.29, 1.82) is 0 Å². The van der Waals surface area contributed by atoms with E-state index in [2.05, 4.69) is 10.9 Å². The third kappa shape index (κ3) is 3.39. The number of halogens is 3. The van der Waals surface area contributed by atoms with Gasteiger partial charge in [0.2, 0.25) is 5.91 Å². The smallest absolute Gasteiger partial charge is 0.291 e. The van der Waals surface area contributed by atoms with Gasteiger partial charge in [-0.2, -0.15) is 13.2 Å². The maximum absolute atomic E-state index is 12.8. The molecule has 1 aliphatic rings. The van der Waals surface area contributed by atoms with Gasteiger partial charge in [0, 0.05) is 12.5 Å². The Balaban J connectivity index is 2.18. The number of hydrazine groups is 1. The van der Waals surface area contributed by atoms with E-state index in [0.717, 1.165) is 6.07 Å². The number of hydrogen-bond acceptors (Lipinski definition) is 2. The van der Waals surface area contributed by atoms with Gasteiger partial charge in [0.15, 0.2) is 0 Å². The van der Waals surface area contributed by atoms with Gasteiger partial charge in [-0.25, -0.2) is 5.43 Å². The fourth-order valence-electron chi connectivity index (χ4n) is 2.12. The maximum atomic E-state index is 12.8. The largest absolute Gasteiger partial charge is 0.416 e. The average Bonchev–Trinajstić information content (AvgIpc) is 2.37. The van der Waals surface area contributed by atoms with Crippen LogP contribution in [-0.2, 0) is 11.0 Å². The summed E-state index contributed by atoms with van der Waals surface area (Å²) in [6.45, 7) is 1.87. The standard InChI is InChI=1S/C14H15F3N2O/c1-9-8-13(20)19-18-12(9)7-6-10-4-2-3-5-11(10)14(15,16)17/h2-7,9,12,18H,8H2,1H3,(H,19,20)/b7-6+. The van der Waals surface area contributed by atoms with Crippen molar-refractivity contribution < 1.29 is 18.0 Å². The topological polar surface area (TPSA) is 41.1 Å². The second-order valence-corrected chi connectivity index (χ2v) is 4.84. The van der Waals surface area contributed by atoms with Gasteiger partial charge < -0.3 is 0 Å². The van der Waals surface area contributed by atoms with E-state index in [1.54, 1.807) is 12.1 Å². The molecule has 2 rings (SSSR count). The molecule has 1 aromatic carbocycles. The highest BCUT2D eigenvalue weighted by molar-refractivity contribution is 5.76. The minimum absolute atomic E-state index is 0.0260. The van der Waals surface area contributed by atoms with E-state index in [4.69, 9.17) is 0 Å². The molecule has 1 heterocycles. The van der Waals surface area contributed by atoms with Crippen LogP contribution in [0.1, 0.15) is 24.5 Å². The molecule has 1 fully saturated rings. The number of rotatable bonds is 2. The summed E-state index contributed by atoms with van der Waals surface area (Å²) in [5.41, 5.74) is 4.71. The molecule has 6 heteroatoms. The lowest BCUT2D eigenvalue weighted by Gasteiger charge is -2.27. The molecule has 108 valence electrons. The van der Waals surface area contributed by atoms with Crippen molar-refractivity contribution in [3.05, 3.63) is 41.5 Å². The predicted octanol–water partition coefficient (Wildman–Crippen LogP) is 2.75. The lowest BCUT2D eigenvalue weighted by molar-refractivity contribution is -0.137. The second kappa shape index (κ2) is 5.66. The zero-order chi connectivity index (χ0) is 14.8. The van der Waals surface area contributed by atoms with Gasteiger partial charge in [0.25, 0.3) is 0 Å². The minimum atomic E-state index is -4.37. The van der Waals surface area contributed by atoms with E-state index in [9.17, 15) is 18.0 Å². The zero-order valence-corrected chi connectivity index (χ0v) is 10.9. The van der Waals surface area contributed by atoms with Crippen LogP contribution in [0, 0.1) is 5.92 Å². The number of nitrogens with one attached hydrogen (secondary N) is 2. The van der Waals surface area contributed by atoms with Gasteiger partial charge in [-0.05, 0) is 17.5 Å². The molecule has 1 saturated heterocycles. The summed E-state index contributed by atoms with van der Waals surface area (Å²) in [5.74, 6) is -0.0871. The molecular formula is C14H15F3N2O. The molecule has 1 amide bonds. The monoisotopic (exact) mass is 284 g/mol. The van der Waals surface area contributed by atoms with E-state index < -0.39 is 11.7 Å². The molecule has 0 bridgehead atoms. The Morgan fingerprint density at radius 1 is 1.30 bits per heavy atom. The SMILES string of the molecule is CC1CC(=O)NNC1/C=C/c1ccccc1C(F)(F)F. The quantitative estimate of drug-likeness (QED) is 0.876. The summed E-state index contributed by atoms with van der Waals surface area (Å²) >= 11 is 0. The first-order chi connectivity index (χ1) is 9.38. The molecule has 1 aromatic rings. The third-order valence-corrected chi connectivity index (χ3v) is 3.25. The second-order valence-electron chi connectivity index (χ2n) is 4.84. The number of amides is 1. The Bertz CT molecular complexity index is 525. The fourth-order valence-corrected chi connectivity index (χ4v) is 2.12. The molecule has 2 unspecified atom stereocenters. The molecule has 0 radical (unpaired) electrons. The summed E-state index contributed by atoms with van der Waals surface area (Å²) in [4.78, 5) is 11.1. The normalized spacial score (nSPS) is 23.9. The molecule has 0 aromatic heterocycles. The average molecular weight is 284 g/mol. The highest BCUT2D eigenvalue weighted by Gasteiger charge is 2.32. The van der Waals surface area contributed by atoms with Crippen molar-refractivity contribution in [2.75, 3.05) is 0 Å². The minimum Gasteiger partial charge on any atom is -0.291 e. The molecule has 2 atom stereocenters. The molecule has 0 spiro atoms. The van der Waals surface area contributed by atoms with Crippen LogP contribution >= 0.6 is 0 Å². The Morgan fingerprint density at radius 2 is 2.00 bits per heavy atom. The number of carbonyl (C=O) groups is 1. The molecule has 0 aliphatic carbocycles. The first-order valence-electron chi connectivity index (χ1n) is 6.26. The van der Waals surface area contributed by atoms with E-state index in [1.807, 2.05) is 6.92 Å². The molecule has 3 nitrogen and oxygen atoms in total. The Labute approximate surface area is 114 Å². The Hall–Kier alpha value is -1.82. The highest BCUT2D eigenvalue weighted by atomic mass is 19.4. The van der Waals surface area contributed by atoms with Crippen LogP contribution in [0.2, 0.25) is 0 Å². The number of hydrogen-bond donors (Lipinski definition) is 2. The summed E-state index contributed by atoms with van der Waals surface area (Å²) in [7, 11) is 0. The van der Waals surface area contributed by atoms with Crippen molar-refractivity contribution in [1.82, 2.24) is 10.9 Å². The third-order valence-electron chi connectivity index (χ3n) is 3.25. The molecule has 20 heavy (non-hydrogen) atoms. The van der Waals surface area contributed by atoms with Gasteiger partial charge in [-0.3, -0.25) is 10.2 Å². The van der Waals surface area contributed by atoms with Crippen LogP contribution in [0.25, 0.3) is 6.08 Å². The molecule has 1 aliphatic heterocycles. The highest BCUT2D eigenvalue weighted by Crippen LogP contribution is 2.32. The number of benzene rings is 1. The zero-order valence-electron chi connectivity index (χ0n) is 10.9. The van der Waals surface area contributed by atoms with Crippen LogP contribution in [0.15, 0.2) is 30.3 Å². The summed E-state index contributed by atoms with van der Waals surface area (Å²) in [6, 6.07) is 5.22. The van der Waals surface area contributed by atoms with Gasteiger partial charge in [-0.1, -0.05) is 37.3 Å². The molecule has 0 saturated carbocycles. The van der Waals surface area contributed by atoms with Crippen molar-refractivity contribution >= 4 is 12.0 Å². The fraction of sp³-hybridized carbons (Fsp3) is 0.357. The summed E-state index contributed by atoms with van der Waals surface area (Å²) in [5, 5.41) is 0. The van der Waals surface area contributed by atoms with Crippen LogP contribution in [0.5, 0.6) is 0 Å². The van der Waals surface area contributed by atoms with Gasteiger partial charge in [0.05, 0.1) is 5.56 Å². The van der Waals surface area contributed by atoms with Gasteiger partial charge in [-0.15, -0.1) is 0 Å². The molecular weight excluding hydrogens is 269 g/mol. The maximum Gasteiger partial charge on any atom is 0.416 e. The Morgan fingerprint density at radius 3 is 2.65 bits per heavy atom. The summed E-state index contributed by atoms with van der Waals surface area (Å²) in [6.07, 6.45) is -0.938. The number of carbonyl (C=O) groups excluding carboxylic acids is 1. The van der Waals surface area contributed by atoms with E-state index >= 15 is 0 Å². The van der Waals surface area contributed by atoms with E-state index in [1.165, 1.54) is 18.2 Å². The van der Waals surface area contributed by atoms with Crippen LogP contribution in [0.3, 0.4) is 0 Å².